The number of thiazole rings is 1. The SMILES string of the molecule is COc1ccc(C)cc1NC(=O)C(OC(=O)c1ccc(-c2nc3ccccc3s2)s1)c1ccccc1. The number of para-hydroxylation sites is 1. The number of hydrogen-bond donors (Lipinski definition) is 1. The van der Waals surface area contributed by atoms with Crippen molar-refractivity contribution in [3.63, 3.8) is 0 Å². The molecule has 0 saturated carbocycles. The van der Waals surface area contributed by atoms with Crippen molar-refractivity contribution >= 4 is 50.5 Å². The van der Waals surface area contributed by atoms with Crippen molar-refractivity contribution in [2.45, 2.75) is 13.0 Å². The summed E-state index contributed by atoms with van der Waals surface area (Å²) in [5.41, 5.74) is 2.95. The number of anilines is 1. The predicted molar refractivity (Wildman–Crippen MR) is 144 cm³/mol. The number of aryl methyl sites for hydroxylation is 1. The smallest absolute Gasteiger partial charge is 0.349 e. The van der Waals surface area contributed by atoms with Gasteiger partial charge in [-0.25, -0.2) is 9.78 Å². The molecule has 0 radical (unpaired) electrons. The lowest BCUT2D eigenvalue weighted by atomic mass is 10.1. The highest BCUT2D eigenvalue weighted by atomic mass is 32.1. The number of benzene rings is 3. The molecular formula is C28H22N2O4S2. The Kier molecular flexibility index (Phi) is 6.79. The number of rotatable bonds is 7. The molecule has 0 bridgehead atoms. The fraction of sp³-hybridized carbons (Fsp3) is 0.107. The van der Waals surface area contributed by atoms with Crippen molar-refractivity contribution in [1.29, 1.82) is 0 Å². The molecule has 0 aliphatic heterocycles. The van der Waals surface area contributed by atoms with Gasteiger partial charge in [0.2, 0.25) is 6.10 Å². The third kappa shape index (κ3) is 5.00. The van der Waals surface area contributed by atoms with Gasteiger partial charge in [0.1, 0.15) is 15.6 Å². The normalized spacial score (nSPS) is 11.7. The summed E-state index contributed by atoms with van der Waals surface area (Å²) in [5.74, 6) is -0.528. The van der Waals surface area contributed by atoms with Gasteiger partial charge in [-0.3, -0.25) is 4.79 Å². The molecule has 5 aromatic rings. The molecular weight excluding hydrogens is 492 g/mol. The van der Waals surface area contributed by atoms with E-state index in [4.69, 9.17) is 9.47 Å². The Hall–Kier alpha value is -4.01. The third-order valence-corrected chi connectivity index (χ3v) is 7.76. The minimum Gasteiger partial charge on any atom is -0.495 e. The molecule has 2 heterocycles. The zero-order valence-corrected chi connectivity index (χ0v) is 21.2. The number of carbonyl (C=O) groups is 2. The molecule has 1 unspecified atom stereocenters. The Bertz CT molecular complexity index is 1510. The molecule has 0 fully saturated rings. The van der Waals surface area contributed by atoms with Crippen LogP contribution in [0.4, 0.5) is 5.69 Å². The molecule has 0 aliphatic carbocycles. The first-order chi connectivity index (χ1) is 17.5. The number of carbonyl (C=O) groups excluding carboxylic acids is 2. The molecule has 0 saturated heterocycles. The molecule has 5 rings (SSSR count). The van der Waals surface area contributed by atoms with Gasteiger partial charge >= 0.3 is 5.97 Å². The van der Waals surface area contributed by atoms with Crippen molar-refractivity contribution in [2.75, 3.05) is 12.4 Å². The van der Waals surface area contributed by atoms with Gasteiger partial charge in [0.15, 0.2) is 0 Å². The van der Waals surface area contributed by atoms with Crippen LogP contribution in [0.1, 0.15) is 26.9 Å². The summed E-state index contributed by atoms with van der Waals surface area (Å²) in [6.07, 6.45) is -1.14. The second-order valence-electron chi connectivity index (χ2n) is 8.04. The van der Waals surface area contributed by atoms with Crippen molar-refractivity contribution in [3.8, 4) is 15.6 Å². The van der Waals surface area contributed by atoms with Gasteiger partial charge in [-0.05, 0) is 48.9 Å². The Morgan fingerprint density at radius 3 is 2.47 bits per heavy atom. The summed E-state index contributed by atoms with van der Waals surface area (Å²) >= 11 is 2.86. The maximum absolute atomic E-state index is 13.3. The molecule has 1 atom stereocenters. The van der Waals surface area contributed by atoms with Gasteiger partial charge in [0, 0.05) is 5.56 Å². The van der Waals surface area contributed by atoms with E-state index >= 15 is 0 Å². The van der Waals surface area contributed by atoms with Crippen molar-refractivity contribution in [3.05, 3.63) is 101 Å². The van der Waals surface area contributed by atoms with Gasteiger partial charge in [-0.1, -0.05) is 48.5 Å². The van der Waals surface area contributed by atoms with E-state index in [0.717, 1.165) is 25.7 Å². The van der Waals surface area contributed by atoms with Gasteiger partial charge in [0.05, 0.1) is 27.9 Å². The third-order valence-electron chi connectivity index (χ3n) is 5.49. The number of hydrogen-bond acceptors (Lipinski definition) is 7. The quantitative estimate of drug-likeness (QED) is 0.240. The van der Waals surface area contributed by atoms with E-state index in [1.807, 2.05) is 55.5 Å². The van der Waals surface area contributed by atoms with Crippen LogP contribution in [0.15, 0.2) is 84.9 Å². The molecule has 3 aromatic carbocycles. The second-order valence-corrected chi connectivity index (χ2v) is 10.2. The standard InChI is InChI=1S/C28H22N2O4S2/c1-17-12-13-21(33-2)20(16-17)29-26(31)25(18-8-4-3-5-9-18)34-28(32)24-15-14-23(35-24)27-30-19-10-6-7-11-22(19)36-27/h3-16,25H,1-2H3,(H,29,31). The number of nitrogens with one attached hydrogen (secondary N) is 1. The number of fused-ring (bicyclic) bond motifs is 1. The van der Waals surface area contributed by atoms with Crippen LogP contribution < -0.4 is 10.1 Å². The monoisotopic (exact) mass is 514 g/mol. The van der Waals surface area contributed by atoms with Crippen LogP contribution in [0.5, 0.6) is 5.75 Å². The van der Waals surface area contributed by atoms with E-state index in [1.165, 1.54) is 18.4 Å². The highest BCUT2D eigenvalue weighted by molar-refractivity contribution is 7.26. The van der Waals surface area contributed by atoms with E-state index in [0.29, 0.717) is 21.9 Å². The highest BCUT2D eigenvalue weighted by Crippen LogP contribution is 2.35. The topological polar surface area (TPSA) is 77.5 Å². The molecule has 8 heteroatoms. The number of esters is 1. The average molecular weight is 515 g/mol. The number of methoxy groups -OCH3 is 1. The minimum absolute atomic E-state index is 0.395. The summed E-state index contributed by atoms with van der Waals surface area (Å²) < 4.78 is 12.2. The summed E-state index contributed by atoms with van der Waals surface area (Å²) in [4.78, 5) is 32.4. The Morgan fingerprint density at radius 2 is 1.69 bits per heavy atom. The van der Waals surface area contributed by atoms with Crippen molar-refractivity contribution in [2.24, 2.45) is 0 Å². The summed E-state index contributed by atoms with van der Waals surface area (Å²) in [7, 11) is 1.54. The zero-order chi connectivity index (χ0) is 25.1. The van der Waals surface area contributed by atoms with Crippen LogP contribution in [-0.4, -0.2) is 24.0 Å². The highest BCUT2D eigenvalue weighted by Gasteiger charge is 2.27. The first-order valence-electron chi connectivity index (χ1n) is 11.2. The number of ether oxygens (including phenoxy) is 2. The van der Waals surface area contributed by atoms with Crippen LogP contribution in [0, 0.1) is 6.92 Å². The average Bonchev–Trinajstić information content (AvgIpc) is 3.55. The number of aromatic nitrogens is 1. The van der Waals surface area contributed by atoms with Gasteiger partial charge in [-0.2, -0.15) is 0 Å². The number of thiophene rings is 1. The molecule has 1 N–H and O–H groups in total. The van der Waals surface area contributed by atoms with E-state index in [9.17, 15) is 9.59 Å². The van der Waals surface area contributed by atoms with Gasteiger partial charge in [0.25, 0.3) is 5.91 Å². The molecule has 0 spiro atoms. The van der Waals surface area contributed by atoms with E-state index in [1.54, 1.807) is 47.7 Å². The lowest BCUT2D eigenvalue weighted by molar-refractivity contribution is -0.125. The molecule has 2 aromatic heterocycles. The largest absolute Gasteiger partial charge is 0.495 e. The van der Waals surface area contributed by atoms with Gasteiger partial charge < -0.3 is 14.8 Å². The maximum atomic E-state index is 13.3. The van der Waals surface area contributed by atoms with Crippen LogP contribution in [0.25, 0.3) is 20.1 Å². The Morgan fingerprint density at radius 1 is 0.917 bits per heavy atom. The molecule has 36 heavy (non-hydrogen) atoms. The van der Waals surface area contributed by atoms with Crippen LogP contribution >= 0.6 is 22.7 Å². The fourth-order valence-electron chi connectivity index (χ4n) is 3.72. The molecule has 180 valence electrons. The van der Waals surface area contributed by atoms with Crippen LogP contribution in [0.2, 0.25) is 0 Å². The minimum atomic E-state index is -1.14. The summed E-state index contributed by atoms with van der Waals surface area (Å²) in [6, 6.07) is 25.9. The molecule has 6 nitrogen and oxygen atoms in total. The number of nitrogens with zero attached hydrogens (tertiary/aromatic N) is 1. The van der Waals surface area contributed by atoms with Gasteiger partial charge in [-0.15, -0.1) is 22.7 Å². The first-order valence-corrected chi connectivity index (χ1v) is 12.8. The lowest BCUT2D eigenvalue weighted by Crippen LogP contribution is -2.26. The number of amides is 1. The Labute approximate surface area is 216 Å². The fourth-order valence-corrected chi connectivity index (χ4v) is 5.63. The van der Waals surface area contributed by atoms with Crippen LogP contribution in [-0.2, 0) is 9.53 Å². The summed E-state index contributed by atoms with van der Waals surface area (Å²) in [6.45, 7) is 1.92. The molecule has 1 amide bonds. The zero-order valence-electron chi connectivity index (χ0n) is 19.6. The van der Waals surface area contributed by atoms with E-state index in [-0.39, 0.29) is 0 Å². The Balaban J connectivity index is 1.39. The van der Waals surface area contributed by atoms with E-state index in [2.05, 4.69) is 10.3 Å². The summed E-state index contributed by atoms with van der Waals surface area (Å²) in [5, 5.41) is 3.69. The molecule has 0 aliphatic rings. The maximum Gasteiger partial charge on any atom is 0.349 e. The van der Waals surface area contributed by atoms with Crippen molar-refractivity contribution in [1.82, 2.24) is 4.98 Å². The first kappa shape index (κ1) is 23.7. The lowest BCUT2D eigenvalue weighted by Gasteiger charge is -2.19. The van der Waals surface area contributed by atoms with E-state index < -0.39 is 18.0 Å². The second kappa shape index (κ2) is 10.3. The van der Waals surface area contributed by atoms with Crippen molar-refractivity contribution < 1.29 is 19.1 Å². The predicted octanol–water partition coefficient (Wildman–Crippen LogP) is 6.88. The van der Waals surface area contributed by atoms with Crippen LogP contribution in [0.3, 0.4) is 0 Å².